The van der Waals surface area contributed by atoms with E-state index >= 15 is 0 Å². The SMILES string of the molecule is CCOc1cc(-c2cc(N(C)CC3(COC)CCCC3)c3[nH]c(-c4cnc(N5CCCCC5)cn4)nc3n2)cc(C(F)(F)F)c1. The number of aromatic amines is 1. The zero-order valence-electron chi connectivity index (χ0n) is 26.1. The first-order chi connectivity index (χ1) is 21.7. The summed E-state index contributed by atoms with van der Waals surface area (Å²) in [6.45, 7) is 5.26. The third-order valence-electron chi connectivity index (χ3n) is 8.94. The summed E-state index contributed by atoms with van der Waals surface area (Å²) in [4.78, 5) is 26.7. The molecule has 0 unspecified atom stereocenters. The molecule has 4 heterocycles. The van der Waals surface area contributed by atoms with E-state index in [4.69, 9.17) is 19.4 Å². The minimum Gasteiger partial charge on any atom is -0.494 e. The number of imidazole rings is 1. The quantitative estimate of drug-likeness (QED) is 0.200. The molecule has 3 aromatic heterocycles. The molecule has 2 aliphatic rings. The fourth-order valence-electron chi connectivity index (χ4n) is 6.80. The van der Waals surface area contributed by atoms with Crippen molar-refractivity contribution in [1.82, 2.24) is 24.9 Å². The number of halogens is 3. The number of H-pyrrole nitrogens is 1. The van der Waals surface area contributed by atoms with Gasteiger partial charge in [0.2, 0.25) is 0 Å². The Kier molecular flexibility index (Phi) is 8.85. The molecule has 0 spiro atoms. The number of rotatable bonds is 10. The molecule has 1 saturated carbocycles. The first kappa shape index (κ1) is 31.1. The van der Waals surface area contributed by atoms with Crippen LogP contribution in [0.3, 0.4) is 0 Å². The summed E-state index contributed by atoms with van der Waals surface area (Å²) in [5, 5.41) is 0. The average Bonchev–Trinajstić information content (AvgIpc) is 3.68. The Labute approximate surface area is 261 Å². The Bertz CT molecular complexity index is 1610. The zero-order valence-corrected chi connectivity index (χ0v) is 26.1. The first-order valence-electron chi connectivity index (χ1n) is 15.7. The number of nitrogens with one attached hydrogen (secondary N) is 1. The summed E-state index contributed by atoms with van der Waals surface area (Å²) in [7, 11) is 3.73. The van der Waals surface area contributed by atoms with E-state index in [2.05, 4.69) is 24.8 Å². The number of methoxy groups -OCH3 is 1. The molecule has 6 rings (SSSR count). The van der Waals surface area contributed by atoms with Crippen molar-refractivity contribution < 1.29 is 22.6 Å². The van der Waals surface area contributed by atoms with Crippen LogP contribution in [0.15, 0.2) is 36.7 Å². The Morgan fingerprint density at radius 1 is 0.956 bits per heavy atom. The number of fused-ring (bicyclic) bond motifs is 1. The van der Waals surface area contributed by atoms with Crippen LogP contribution in [0.25, 0.3) is 33.9 Å². The van der Waals surface area contributed by atoms with Crippen LogP contribution in [0.1, 0.15) is 57.4 Å². The molecule has 1 N–H and O–H groups in total. The number of benzene rings is 1. The Balaban J connectivity index is 1.44. The molecule has 0 atom stereocenters. The average molecular weight is 624 g/mol. The maximum atomic E-state index is 13.9. The summed E-state index contributed by atoms with van der Waals surface area (Å²) in [5.74, 6) is 1.47. The normalized spacial score (nSPS) is 16.8. The highest BCUT2D eigenvalue weighted by atomic mass is 19.4. The number of alkyl halides is 3. The maximum Gasteiger partial charge on any atom is 0.416 e. The van der Waals surface area contributed by atoms with Gasteiger partial charge in [0.1, 0.15) is 22.8 Å². The second-order valence-electron chi connectivity index (χ2n) is 12.3. The molecular formula is C33H40F3N7O2. The van der Waals surface area contributed by atoms with E-state index in [1.54, 1.807) is 32.5 Å². The largest absolute Gasteiger partial charge is 0.494 e. The van der Waals surface area contributed by atoms with Gasteiger partial charge in [-0.15, -0.1) is 0 Å². The standard InChI is InChI=1S/C33H40F3N7O2/c1-4-45-24-15-22(14-23(16-24)33(34,35)36)25-17-27(42(2)20-32(21-44-3)10-6-7-11-32)29-31(39-25)41-30(40-29)26-18-38-28(19-37-26)43-12-8-5-9-13-43/h14-19H,4-13,20-21H2,1-3H3,(H,39,40,41). The van der Waals surface area contributed by atoms with Gasteiger partial charge >= 0.3 is 6.18 Å². The summed E-state index contributed by atoms with van der Waals surface area (Å²) in [5.41, 5.74) is 2.26. The maximum absolute atomic E-state index is 13.9. The molecule has 2 fully saturated rings. The second-order valence-corrected chi connectivity index (χ2v) is 12.3. The van der Waals surface area contributed by atoms with Crippen LogP contribution in [0.5, 0.6) is 5.75 Å². The smallest absolute Gasteiger partial charge is 0.416 e. The number of aromatic nitrogens is 5. The molecular weight excluding hydrogens is 583 g/mol. The van der Waals surface area contributed by atoms with Gasteiger partial charge in [-0.25, -0.2) is 19.9 Å². The Morgan fingerprint density at radius 2 is 1.73 bits per heavy atom. The van der Waals surface area contributed by atoms with Gasteiger partial charge in [-0.2, -0.15) is 13.2 Å². The number of ether oxygens (including phenoxy) is 2. The molecule has 1 aliphatic heterocycles. The first-order valence-corrected chi connectivity index (χ1v) is 15.7. The summed E-state index contributed by atoms with van der Waals surface area (Å²) in [6, 6.07) is 5.56. The lowest BCUT2D eigenvalue weighted by atomic mass is 9.86. The summed E-state index contributed by atoms with van der Waals surface area (Å²) in [6.07, 6.45) is 6.81. The van der Waals surface area contributed by atoms with Gasteiger partial charge in [0, 0.05) is 44.8 Å². The lowest BCUT2D eigenvalue weighted by Gasteiger charge is -2.34. The molecule has 12 heteroatoms. The highest BCUT2D eigenvalue weighted by Crippen LogP contribution is 2.42. The number of pyridine rings is 1. The van der Waals surface area contributed by atoms with Gasteiger partial charge in [0.05, 0.1) is 42.6 Å². The molecule has 45 heavy (non-hydrogen) atoms. The fraction of sp³-hybridized carbons (Fsp3) is 0.515. The van der Waals surface area contributed by atoms with E-state index < -0.39 is 11.7 Å². The second kappa shape index (κ2) is 12.8. The highest BCUT2D eigenvalue weighted by Gasteiger charge is 2.36. The lowest BCUT2D eigenvalue weighted by Crippen LogP contribution is -2.37. The van der Waals surface area contributed by atoms with Crippen molar-refractivity contribution in [3.63, 3.8) is 0 Å². The topological polar surface area (TPSA) is 92.3 Å². The Hall–Kier alpha value is -3.93. The van der Waals surface area contributed by atoms with Crippen LogP contribution in [0.2, 0.25) is 0 Å². The van der Waals surface area contributed by atoms with Gasteiger partial charge < -0.3 is 24.3 Å². The zero-order chi connectivity index (χ0) is 31.6. The van der Waals surface area contributed by atoms with E-state index in [0.29, 0.717) is 47.1 Å². The van der Waals surface area contributed by atoms with Crippen LogP contribution < -0.4 is 14.5 Å². The molecule has 4 aromatic rings. The number of anilines is 2. The summed E-state index contributed by atoms with van der Waals surface area (Å²) < 4.78 is 52.9. The lowest BCUT2D eigenvalue weighted by molar-refractivity contribution is -0.137. The molecule has 0 amide bonds. The minimum absolute atomic E-state index is 0.0177. The molecule has 0 bridgehead atoms. The number of hydrogen-bond donors (Lipinski definition) is 1. The van der Waals surface area contributed by atoms with Gasteiger partial charge in [-0.05, 0) is 63.3 Å². The monoisotopic (exact) mass is 623 g/mol. The predicted octanol–water partition coefficient (Wildman–Crippen LogP) is 7.13. The molecule has 1 aliphatic carbocycles. The van der Waals surface area contributed by atoms with Gasteiger partial charge in [-0.1, -0.05) is 12.8 Å². The van der Waals surface area contributed by atoms with Crippen LogP contribution in [0, 0.1) is 5.41 Å². The molecule has 1 aromatic carbocycles. The van der Waals surface area contributed by atoms with Crippen molar-refractivity contribution in [2.24, 2.45) is 5.41 Å². The van der Waals surface area contributed by atoms with Crippen molar-refractivity contribution in [3.05, 3.63) is 42.2 Å². The van der Waals surface area contributed by atoms with Crippen LogP contribution in [0.4, 0.5) is 24.7 Å². The van der Waals surface area contributed by atoms with Gasteiger partial charge in [-0.3, -0.25) is 0 Å². The third kappa shape index (κ3) is 6.70. The van der Waals surface area contributed by atoms with Crippen LogP contribution >= 0.6 is 0 Å². The number of nitrogens with zero attached hydrogens (tertiary/aromatic N) is 6. The Morgan fingerprint density at radius 3 is 2.40 bits per heavy atom. The number of piperidine rings is 1. The van der Waals surface area contributed by atoms with Crippen molar-refractivity contribution >= 4 is 22.7 Å². The van der Waals surface area contributed by atoms with Crippen molar-refractivity contribution in [1.29, 1.82) is 0 Å². The van der Waals surface area contributed by atoms with E-state index in [1.807, 2.05) is 13.1 Å². The molecule has 240 valence electrons. The summed E-state index contributed by atoms with van der Waals surface area (Å²) >= 11 is 0. The van der Waals surface area contributed by atoms with E-state index in [9.17, 15) is 13.2 Å². The highest BCUT2D eigenvalue weighted by molar-refractivity contribution is 5.91. The van der Waals surface area contributed by atoms with Crippen molar-refractivity contribution in [3.8, 4) is 28.5 Å². The van der Waals surface area contributed by atoms with Crippen molar-refractivity contribution in [2.45, 2.75) is 58.0 Å². The van der Waals surface area contributed by atoms with Crippen LogP contribution in [-0.4, -0.2) is 71.9 Å². The van der Waals surface area contributed by atoms with E-state index in [0.717, 1.165) is 75.3 Å². The van der Waals surface area contributed by atoms with E-state index in [-0.39, 0.29) is 17.8 Å². The van der Waals surface area contributed by atoms with Gasteiger partial charge in [0.15, 0.2) is 11.5 Å². The molecule has 1 saturated heterocycles. The number of hydrogen-bond acceptors (Lipinski definition) is 8. The molecule has 0 radical (unpaired) electrons. The van der Waals surface area contributed by atoms with Gasteiger partial charge in [0.25, 0.3) is 0 Å². The third-order valence-corrected chi connectivity index (χ3v) is 8.94. The predicted molar refractivity (Wildman–Crippen MR) is 169 cm³/mol. The fourth-order valence-corrected chi connectivity index (χ4v) is 6.80. The van der Waals surface area contributed by atoms with Crippen molar-refractivity contribution in [2.75, 3.05) is 56.8 Å². The van der Waals surface area contributed by atoms with E-state index in [1.165, 1.54) is 6.42 Å². The minimum atomic E-state index is -4.54. The molecule has 9 nitrogen and oxygen atoms in total. The van der Waals surface area contributed by atoms with Crippen LogP contribution in [-0.2, 0) is 10.9 Å².